The fourth-order valence-electron chi connectivity index (χ4n) is 2.50. The van der Waals surface area contributed by atoms with E-state index in [1.165, 1.54) is 6.92 Å². The van der Waals surface area contributed by atoms with E-state index in [9.17, 15) is 9.59 Å². The van der Waals surface area contributed by atoms with Crippen LogP contribution >= 0.6 is 0 Å². The summed E-state index contributed by atoms with van der Waals surface area (Å²) in [4.78, 5) is 27.9. The van der Waals surface area contributed by atoms with Gasteiger partial charge in [0.05, 0.1) is 5.56 Å². The highest BCUT2D eigenvalue weighted by molar-refractivity contribution is 5.96. The number of nitrogens with one attached hydrogen (secondary N) is 1. The van der Waals surface area contributed by atoms with E-state index in [1.54, 1.807) is 30.6 Å². The molecule has 0 aliphatic rings. The monoisotopic (exact) mass is 330 g/mol. The fourth-order valence-corrected chi connectivity index (χ4v) is 2.50. The van der Waals surface area contributed by atoms with Crippen LogP contribution in [0.15, 0.2) is 73.1 Å². The molecule has 0 radical (unpaired) electrons. The number of pyridine rings is 1. The maximum Gasteiger partial charge on any atom is 0.253 e. The average Bonchev–Trinajstić information content (AvgIpc) is 2.67. The van der Waals surface area contributed by atoms with E-state index in [0.29, 0.717) is 17.7 Å². The maximum atomic E-state index is 12.3. The average molecular weight is 330 g/mol. The van der Waals surface area contributed by atoms with Gasteiger partial charge in [-0.15, -0.1) is 0 Å². The lowest BCUT2D eigenvalue weighted by Gasteiger charge is -2.07. The Labute approximate surface area is 146 Å². The first-order valence-corrected chi connectivity index (χ1v) is 8.02. The Morgan fingerprint density at radius 3 is 2.28 bits per heavy atom. The third kappa shape index (κ3) is 4.18. The minimum atomic E-state index is -0.168. The predicted molar refractivity (Wildman–Crippen MR) is 97.3 cm³/mol. The van der Waals surface area contributed by atoms with Crippen LogP contribution in [0.2, 0.25) is 0 Å². The zero-order valence-electron chi connectivity index (χ0n) is 13.9. The molecule has 1 heterocycles. The Kier molecular flexibility index (Phi) is 5.00. The van der Waals surface area contributed by atoms with E-state index in [2.05, 4.69) is 10.3 Å². The van der Waals surface area contributed by atoms with Gasteiger partial charge in [-0.3, -0.25) is 14.6 Å². The first-order valence-electron chi connectivity index (χ1n) is 8.02. The summed E-state index contributed by atoms with van der Waals surface area (Å²) in [5, 5.41) is 2.89. The Morgan fingerprint density at radius 2 is 1.60 bits per heavy atom. The first kappa shape index (κ1) is 16.6. The summed E-state index contributed by atoms with van der Waals surface area (Å²) < 4.78 is 0. The molecule has 1 aromatic heterocycles. The van der Waals surface area contributed by atoms with Crippen molar-refractivity contribution in [3.05, 3.63) is 89.7 Å². The van der Waals surface area contributed by atoms with E-state index in [-0.39, 0.29) is 11.7 Å². The van der Waals surface area contributed by atoms with Crippen LogP contribution in [0.1, 0.15) is 33.2 Å². The third-order valence-electron chi connectivity index (χ3n) is 3.92. The SMILES string of the molecule is CC(=O)c1ccc(-c2cncc(C(=O)NCc3ccccc3)c2)cc1. The summed E-state index contributed by atoms with van der Waals surface area (Å²) in [5.41, 5.74) is 3.95. The predicted octanol–water partition coefficient (Wildman–Crippen LogP) is 3.88. The molecule has 3 aromatic rings. The Bertz CT molecular complexity index is 887. The van der Waals surface area contributed by atoms with Crippen LogP contribution in [0.5, 0.6) is 0 Å². The van der Waals surface area contributed by atoms with E-state index in [1.807, 2.05) is 42.5 Å². The van der Waals surface area contributed by atoms with Gasteiger partial charge in [0, 0.05) is 30.1 Å². The number of Topliss-reactive ketones (excluding diaryl/α,β-unsaturated/α-hetero) is 1. The Hall–Kier alpha value is -3.27. The van der Waals surface area contributed by atoms with Crippen molar-refractivity contribution in [1.29, 1.82) is 0 Å². The molecule has 0 spiro atoms. The summed E-state index contributed by atoms with van der Waals surface area (Å²) in [7, 11) is 0. The summed E-state index contributed by atoms with van der Waals surface area (Å²) in [6, 6.07) is 18.8. The van der Waals surface area contributed by atoms with E-state index < -0.39 is 0 Å². The number of rotatable bonds is 5. The van der Waals surface area contributed by atoms with Gasteiger partial charge in [-0.2, -0.15) is 0 Å². The molecular weight excluding hydrogens is 312 g/mol. The van der Waals surface area contributed by atoms with Gasteiger partial charge in [0.25, 0.3) is 5.91 Å². The Morgan fingerprint density at radius 1 is 0.880 bits per heavy atom. The molecule has 0 atom stereocenters. The van der Waals surface area contributed by atoms with Crippen LogP contribution in [0, 0.1) is 0 Å². The summed E-state index contributed by atoms with van der Waals surface area (Å²) in [6.07, 6.45) is 3.25. The van der Waals surface area contributed by atoms with Crippen LogP contribution < -0.4 is 5.32 Å². The number of ketones is 1. The van der Waals surface area contributed by atoms with Crippen molar-refractivity contribution in [2.24, 2.45) is 0 Å². The number of nitrogens with zero attached hydrogens (tertiary/aromatic N) is 1. The van der Waals surface area contributed by atoms with Gasteiger partial charge < -0.3 is 5.32 Å². The van der Waals surface area contributed by atoms with Gasteiger partial charge in [-0.05, 0) is 24.1 Å². The zero-order chi connectivity index (χ0) is 17.6. The maximum absolute atomic E-state index is 12.3. The van der Waals surface area contributed by atoms with E-state index in [0.717, 1.165) is 16.7 Å². The third-order valence-corrected chi connectivity index (χ3v) is 3.92. The lowest BCUT2D eigenvalue weighted by Crippen LogP contribution is -2.22. The normalized spacial score (nSPS) is 10.3. The minimum absolute atomic E-state index is 0.0266. The minimum Gasteiger partial charge on any atom is -0.348 e. The highest BCUT2D eigenvalue weighted by Crippen LogP contribution is 2.20. The molecular formula is C21H18N2O2. The van der Waals surface area contributed by atoms with Crippen molar-refractivity contribution in [2.75, 3.05) is 0 Å². The smallest absolute Gasteiger partial charge is 0.253 e. The fraction of sp³-hybridized carbons (Fsp3) is 0.0952. The van der Waals surface area contributed by atoms with Gasteiger partial charge in [-0.1, -0.05) is 54.6 Å². The van der Waals surface area contributed by atoms with Crippen molar-refractivity contribution >= 4 is 11.7 Å². The van der Waals surface area contributed by atoms with E-state index >= 15 is 0 Å². The van der Waals surface area contributed by atoms with Crippen molar-refractivity contribution < 1.29 is 9.59 Å². The second-order valence-electron chi connectivity index (χ2n) is 5.76. The first-order chi connectivity index (χ1) is 12.1. The van der Waals surface area contributed by atoms with Gasteiger partial charge in [0.2, 0.25) is 0 Å². The highest BCUT2D eigenvalue weighted by atomic mass is 16.1. The van der Waals surface area contributed by atoms with Crippen molar-refractivity contribution in [2.45, 2.75) is 13.5 Å². The Balaban J connectivity index is 1.74. The summed E-state index contributed by atoms with van der Waals surface area (Å²) >= 11 is 0. The topological polar surface area (TPSA) is 59.1 Å². The molecule has 0 saturated heterocycles. The second kappa shape index (κ2) is 7.53. The molecule has 3 rings (SSSR count). The largest absolute Gasteiger partial charge is 0.348 e. The quantitative estimate of drug-likeness (QED) is 0.722. The van der Waals surface area contributed by atoms with Gasteiger partial charge in [0.1, 0.15) is 0 Å². The number of carbonyl (C=O) groups is 2. The van der Waals surface area contributed by atoms with Gasteiger partial charge >= 0.3 is 0 Å². The summed E-state index contributed by atoms with van der Waals surface area (Å²) in [6.45, 7) is 2.01. The molecule has 2 aromatic carbocycles. The molecule has 25 heavy (non-hydrogen) atoms. The molecule has 4 heteroatoms. The molecule has 0 aliphatic carbocycles. The molecule has 1 amide bonds. The number of benzene rings is 2. The van der Waals surface area contributed by atoms with Crippen LogP contribution in [0.3, 0.4) is 0 Å². The molecule has 0 bridgehead atoms. The molecule has 0 aliphatic heterocycles. The summed E-state index contributed by atoms with van der Waals surface area (Å²) in [5.74, 6) is -0.141. The van der Waals surface area contributed by atoms with Crippen LogP contribution in [0.25, 0.3) is 11.1 Å². The van der Waals surface area contributed by atoms with Gasteiger partial charge in [-0.25, -0.2) is 0 Å². The number of amides is 1. The number of hydrogen-bond acceptors (Lipinski definition) is 3. The number of carbonyl (C=O) groups excluding carboxylic acids is 2. The number of aromatic nitrogens is 1. The van der Waals surface area contributed by atoms with Crippen molar-refractivity contribution in [3.8, 4) is 11.1 Å². The van der Waals surface area contributed by atoms with Crippen molar-refractivity contribution in [3.63, 3.8) is 0 Å². The van der Waals surface area contributed by atoms with Crippen molar-refractivity contribution in [1.82, 2.24) is 10.3 Å². The standard InChI is InChI=1S/C21H18N2O2/c1-15(24)17-7-9-18(10-8-17)19-11-20(14-22-13-19)21(25)23-12-16-5-3-2-4-6-16/h2-11,13-14H,12H2,1H3,(H,23,25). The molecule has 4 nitrogen and oxygen atoms in total. The molecule has 0 unspecified atom stereocenters. The highest BCUT2D eigenvalue weighted by Gasteiger charge is 2.08. The molecule has 124 valence electrons. The van der Waals surface area contributed by atoms with Gasteiger partial charge in [0.15, 0.2) is 5.78 Å². The lowest BCUT2D eigenvalue weighted by atomic mass is 10.0. The lowest BCUT2D eigenvalue weighted by molar-refractivity contribution is 0.0949. The van der Waals surface area contributed by atoms with Crippen LogP contribution in [0.4, 0.5) is 0 Å². The molecule has 1 N–H and O–H groups in total. The molecule has 0 fully saturated rings. The zero-order valence-corrected chi connectivity index (χ0v) is 13.9. The van der Waals surface area contributed by atoms with E-state index in [4.69, 9.17) is 0 Å². The van der Waals surface area contributed by atoms with Crippen LogP contribution in [-0.2, 0) is 6.54 Å². The van der Waals surface area contributed by atoms with Crippen LogP contribution in [-0.4, -0.2) is 16.7 Å². The number of hydrogen-bond donors (Lipinski definition) is 1. The molecule has 0 saturated carbocycles. The second-order valence-corrected chi connectivity index (χ2v) is 5.76.